The number of rotatable bonds is 3. The summed E-state index contributed by atoms with van der Waals surface area (Å²) in [5, 5.41) is 12.7. The maximum Gasteiger partial charge on any atom is 0.251 e. The molecule has 16 heavy (non-hydrogen) atoms. The Hall–Kier alpha value is -1.81. The number of carbonyl (C=O) groups excluding carboxylic acids is 1. The highest BCUT2D eigenvalue weighted by Gasteiger charge is 2.07. The minimum Gasteiger partial charge on any atom is -0.392 e. The average molecular weight is 218 g/mol. The second-order valence-corrected chi connectivity index (χ2v) is 3.84. The molecule has 1 unspecified atom stereocenters. The summed E-state index contributed by atoms with van der Waals surface area (Å²) in [6, 6.07) is 7.37. The number of nitrogens with one attached hydrogen (secondary N) is 2. The minimum absolute atomic E-state index is 0.163. The Kier molecular flexibility index (Phi) is 2.92. The standard InChI is InChI=1S/C12H14N2O2/c1-8(15)7-14-12(16)10-2-3-11-9(6-10)4-5-13-11/h2-6,8,13,15H,7H2,1H3,(H,14,16). The highest BCUT2D eigenvalue weighted by atomic mass is 16.3. The number of amides is 1. The van der Waals surface area contributed by atoms with Gasteiger partial charge in [0, 0.05) is 29.2 Å². The van der Waals surface area contributed by atoms with Gasteiger partial charge in [-0.1, -0.05) is 0 Å². The van der Waals surface area contributed by atoms with Crippen LogP contribution in [0.1, 0.15) is 17.3 Å². The lowest BCUT2D eigenvalue weighted by molar-refractivity contribution is 0.0924. The molecular weight excluding hydrogens is 204 g/mol. The number of aromatic nitrogens is 1. The van der Waals surface area contributed by atoms with Crippen LogP contribution in [0.4, 0.5) is 0 Å². The number of fused-ring (bicyclic) bond motifs is 1. The zero-order valence-corrected chi connectivity index (χ0v) is 9.03. The Labute approximate surface area is 93.3 Å². The summed E-state index contributed by atoms with van der Waals surface area (Å²) in [7, 11) is 0. The van der Waals surface area contributed by atoms with E-state index >= 15 is 0 Å². The van der Waals surface area contributed by atoms with Gasteiger partial charge in [-0.2, -0.15) is 0 Å². The van der Waals surface area contributed by atoms with Gasteiger partial charge in [-0.15, -0.1) is 0 Å². The predicted octanol–water partition coefficient (Wildman–Crippen LogP) is 1.28. The van der Waals surface area contributed by atoms with Crippen LogP contribution in [-0.4, -0.2) is 28.6 Å². The van der Waals surface area contributed by atoms with Crippen molar-refractivity contribution in [2.75, 3.05) is 6.54 Å². The smallest absolute Gasteiger partial charge is 0.251 e. The number of aromatic amines is 1. The fourth-order valence-corrected chi connectivity index (χ4v) is 1.54. The van der Waals surface area contributed by atoms with E-state index in [1.165, 1.54) is 0 Å². The molecule has 1 atom stereocenters. The number of aliphatic hydroxyl groups excluding tert-OH is 1. The molecule has 0 fully saturated rings. The van der Waals surface area contributed by atoms with E-state index in [1.54, 1.807) is 13.0 Å². The van der Waals surface area contributed by atoms with E-state index in [2.05, 4.69) is 10.3 Å². The molecule has 4 nitrogen and oxygen atoms in total. The molecule has 0 spiro atoms. The number of aliphatic hydroxyl groups is 1. The van der Waals surface area contributed by atoms with Gasteiger partial charge < -0.3 is 15.4 Å². The van der Waals surface area contributed by atoms with Crippen molar-refractivity contribution in [2.24, 2.45) is 0 Å². The molecule has 0 saturated carbocycles. The van der Waals surface area contributed by atoms with Gasteiger partial charge in [0.15, 0.2) is 0 Å². The maximum absolute atomic E-state index is 11.7. The lowest BCUT2D eigenvalue weighted by Crippen LogP contribution is -2.30. The number of benzene rings is 1. The van der Waals surface area contributed by atoms with Gasteiger partial charge in [0.1, 0.15) is 0 Å². The van der Waals surface area contributed by atoms with Crippen molar-refractivity contribution in [3.05, 3.63) is 36.0 Å². The molecular formula is C12H14N2O2. The van der Waals surface area contributed by atoms with Gasteiger partial charge >= 0.3 is 0 Å². The highest BCUT2D eigenvalue weighted by molar-refractivity contribution is 5.98. The van der Waals surface area contributed by atoms with Gasteiger partial charge in [0.05, 0.1) is 6.10 Å². The van der Waals surface area contributed by atoms with E-state index in [-0.39, 0.29) is 12.5 Å². The van der Waals surface area contributed by atoms with Crippen LogP contribution in [0.5, 0.6) is 0 Å². The molecule has 0 bridgehead atoms. The van der Waals surface area contributed by atoms with Crippen molar-refractivity contribution in [1.82, 2.24) is 10.3 Å². The van der Waals surface area contributed by atoms with Crippen molar-refractivity contribution in [1.29, 1.82) is 0 Å². The summed E-state index contributed by atoms with van der Waals surface area (Å²) in [5.74, 6) is -0.163. The summed E-state index contributed by atoms with van der Waals surface area (Å²) in [6.07, 6.45) is 1.31. The average Bonchev–Trinajstić information content (AvgIpc) is 2.72. The first-order valence-corrected chi connectivity index (χ1v) is 5.20. The summed E-state index contributed by atoms with van der Waals surface area (Å²) in [5.41, 5.74) is 1.61. The molecule has 0 radical (unpaired) electrons. The number of H-pyrrole nitrogens is 1. The first kappa shape index (κ1) is 10.7. The molecule has 0 aliphatic carbocycles. The molecule has 3 N–H and O–H groups in total. The first-order valence-electron chi connectivity index (χ1n) is 5.20. The molecule has 0 aliphatic rings. The molecule has 84 valence electrons. The first-order chi connectivity index (χ1) is 7.66. The van der Waals surface area contributed by atoms with E-state index in [9.17, 15) is 4.79 Å². The Morgan fingerprint density at radius 2 is 2.31 bits per heavy atom. The van der Waals surface area contributed by atoms with Gasteiger partial charge in [-0.3, -0.25) is 4.79 Å². The predicted molar refractivity (Wildman–Crippen MR) is 62.3 cm³/mol. The quantitative estimate of drug-likeness (QED) is 0.726. The van der Waals surface area contributed by atoms with Crippen molar-refractivity contribution in [2.45, 2.75) is 13.0 Å². The van der Waals surface area contributed by atoms with Gasteiger partial charge in [-0.25, -0.2) is 0 Å². The van der Waals surface area contributed by atoms with Crippen LogP contribution < -0.4 is 5.32 Å². The van der Waals surface area contributed by atoms with Crippen molar-refractivity contribution >= 4 is 16.8 Å². The summed E-state index contributed by atoms with van der Waals surface area (Å²) >= 11 is 0. The highest BCUT2D eigenvalue weighted by Crippen LogP contribution is 2.13. The Balaban J connectivity index is 2.16. The van der Waals surface area contributed by atoms with Crippen LogP contribution in [0.3, 0.4) is 0 Å². The third kappa shape index (κ3) is 2.23. The van der Waals surface area contributed by atoms with Crippen LogP contribution >= 0.6 is 0 Å². The second kappa shape index (κ2) is 4.37. The second-order valence-electron chi connectivity index (χ2n) is 3.84. The third-order valence-corrected chi connectivity index (χ3v) is 2.37. The summed E-state index contributed by atoms with van der Waals surface area (Å²) in [4.78, 5) is 14.7. The summed E-state index contributed by atoms with van der Waals surface area (Å²) < 4.78 is 0. The molecule has 1 aromatic carbocycles. The molecule has 1 heterocycles. The lowest BCUT2D eigenvalue weighted by Gasteiger charge is -2.06. The van der Waals surface area contributed by atoms with Gasteiger partial charge in [0.2, 0.25) is 0 Å². The number of hydrogen-bond acceptors (Lipinski definition) is 2. The van der Waals surface area contributed by atoms with Gasteiger partial charge in [0.25, 0.3) is 5.91 Å². The van der Waals surface area contributed by atoms with Gasteiger partial charge in [-0.05, 0) is 31.2 Å². The summed E-state index contributed by atoms with van der Waals surface area (Å²) in [6.45, 7) is 1.90. The van der Waals surface area contributed by atoms with Crippen LogP contribution in [-0.2, 0) is 0 Å². The van der Waals surface area contributed by atoms with Crippen LogP contribution in [0.15, 0.2) is 30.5 Å². The largest absolute Gasteiger partial charge is 0.392 e. The molecule has 1 aromatic heterocycles. The Morgan fingerprint density at radius 3 is 3.06 bits per heavy atom. The monoisotopic (exact) mass is 218 g/mol. The van der Waals surface area contributed by atoms with E-state index in [0.717, 1.165) is 10.9 Å². The zero-order valence-electron chi connectivity index (χ0n) is 9.03. The van der Waals surface area contributed by atoms with Crippen LogP contribution in [0.25, 0.3) is 10.9 Å². The number of hydrogen-bond donors (Lipinski definition) is 3. The van der Waals surface area contributed by atoms with Crippen LogP contribution in [0.2, 0.25) is 0 Å². The molecule has 0 saturated heterocycles. The lowest BCUT2D eigenvalue weighted by atomic mass is 10.1. The minimum atomic E-state index is -0.528. The van der Waals surface area contributed by atoms with Crippen molar-refractivity contribution in [3.8, 4) is 0 Å². The molecule has 0 aliphatic heterocycles. The maximum atomic E-state index is 11.7. The molecule has 1 amide bonds. The zero-order chi connectivity index (χ0) is 11.5. The van der Waals surface area contributed by atoms with Crippen molar-refractivity contribution < 1.29 is 9.90 Å². The van der Waals surface area contributed by atoms with Crippen LogP contribution in [0, 0.1) is 0 Å². The van der Waals surface area contributed by atoms with E-state index in [1.807, 2.05) is 24.4 Å². The fraction of sp³-hybridized carbons (Fsp3) is 0.250. The molecule has 2 rings (SSSR count). The van der Waals surface area contributed by atoms with E-state index < -0.39 is 6.10 Å². The van der Waals surface area contributed by atoms with E-state index in [0.29, 0.717) is 5.56 Å². The SMILES string of the molecule is CC(O)CNC(=O)c1ccc2[nH]ccc2c1. The number of carbonyl (C=O) groups is 1. The Morgan fingerprint density at radius 1 is 1.50 bits per heavy atom. The normalized spacial score (nSPS) is 12.6. The topological polar surface area (TPSA) is 65.1 Å². The molecule has 4 heteroatoms. The fourth-order valence-electron chi connectivity index (χ4n) is 1.54. The van der Waals surface area contributed by atoms with Crippen molar-refractivity contribution in [3.63, 3.8) is 0 Å². The van der Waals surface area contributed by atoms with E-state index in [4.69, 9.17) is 5.11 Å². The third-order valence-electron chi connectivity index (χ3n) is 2.37. The molecule has 2 aromatic rings. The Bertz CT molecular complexity index is 502.